The number of fused-ring (bicyclic) bond motifs is 2. The van der Waals surface area contributed by atoms with Crippen LogP contribution in [0, 0.1) is 13.8 Å². The molecule has 4 rings (SSSR count). The van der Waals surface area contributed by atoms with Gasteiger partial charge >= 0.3 is 0 Å². The number of nitrogens with one attached hydrogen (secondary N) is 1. The van der Waals surface area contributed by atoms with Gasteiger partial charge in [-0.3, -0.25) is 9.80 Å². The van der Waals surface area contributed by atoms with Crippen molar-refractivity contribution in [2.24, 2.45) is 0 Å². The molecule has 0 radical (unpaired) electrons. The minimum Gasteiger partial charge on any atom is -0.307 e. The van der Waals surface area contributed by atoms with E-state index in [2.05, 4.69) is 61.2 Å². The van der Waals surface area contributed by atoms with Crippen molar-refractivity contribution in [1.82, 2.24) is 15.3 Å². The summed E-state index contributed by atoms with van der Waals surface area (Å²) >= 11 is 0. The Morgan fingerprint density at radius 3 is 2.44 bits per heavy atom. The number of hydrogen-bond donors (Lipinski definition) is 1. The molecule has 2 saturated heterocycles. The lowest BCUT2D eigenvalue weighted by Gasteiger charge is -2.64. The number of nitrogens with zero attached hydrogens (tertiary/aromatic N) is 2. The number of carbonyl (C=O) groups excluding carboxylic acids is 1. The molecule has 2 aliphatic heterocycles. The third-order valence-electron chi connectivity index (χ3n) is 6.52. The monoisotopic (exact) mass is 341 g/mol. The predicted octanol–water partition coefficient (Wildman–Crippen LogP) is 3.31. The van der Waals surface area contributed by atoms with Crippen molar-refractivity contribution >= 4 is 5.91 Å². The molecule has 1 saturated carbocycles. The van der Waals surface area contributed by atoms with Crippen LogP contribution in [0.15, 0.2) is 18.2 Å². The van der Waals surface area contributed by atoms with Crippen molar-refractivity contribution in [1.29, 1.82) is 0 Å². The van der Waals surface area contributed by atoms with Crippen LogP contribution in [0.5, 0.6) is 0 Å². The Kier molecular flexibility index (Phi) is 4.16. The fourth-order valence-electron chi connectivity index (χ4n) is 4.87. The van der Waals surface area contributed by atoms with Crippen LogP contribution in [-0.2, 0) is 11.3 Å². The lowest BCUT2D eigenvalue weighted by Crippen LogP contribution is -2.84. The quantitative estimate of drug-likeness (QED) is 0.916. The molecule has 4 nitrogen and oxygen atoms in total. The molecule has 4 heteroatoms. The Bertz CT molecular complexity index is 668. The van der Waals surface area contributed by atoms with Gasteiger partial charge in [0.1, 0.15) is 5.54 Å². The summed E-state index contributed by atoms with van der Waals surface area (Å²) in [5.41, 5.74) is 3.54. The molecule has 1 aromatic carbocycles. The van der Waals surface area contributed by atoms with Gasteiger partial charge in [0.2, 0.25) is 0 Å². The van der Waals surface area contributed by atoms with E-state index in [0.29, 0.717) is 24.0 Å². The number of rotatable bonds is 3. The van der Waals surface area contributed by atoms with Crippen molar-refractivity contribution in [2.45, 2.75) is 90.0 Å². The zero-order valence-corrected chi connectivity index (χ0v) is 16.0. The van der Waals surface area contributed by atoms with Crippen LogP contribution < -0.4 is 5.32 Å². The summed E-state index contributed by atoms with van der Waals surface area (Å²) in [6.45, 7) is 9.26. The maximum absolute atomic E-state index is 12.9. The highest BCUT2D eigenvalue weighted by Crippen LogP contribution is 2.41. The van der Waals surface area contributed by atoms with Crippen molar-refractivity contribution < 1.29 is 4.79 Å². The number of aryl methyl sites for hydroxylation is 2. The summed E-state index contributed by atoms with van der Waals surface area (Å²) in [6.07, 6.45) is 6.30. The summed E-state index contributed by atoms with van der Waals surface area (Å²) in [5, 5.41) is 8.14. The molecule has 0 spiro atoms. The molecule has 25 heavy (non-hydrogen) atoms. The molecule has 1 amide bonds. The molecule has 1 N–H and O–H groups in total. The third kappa shape index (κ3) is 2.70. The van der Waals surface area contributed by atoms with Crippen LogP contribution in [0.4, 0.5) is 0 Å². The highest BCUT2D eigenvalue weighted by Gasteiger charge is 2.60. The van der Waals surface area contributed by atoms with Gasteiger partial charge in [-0.05, 0) is 51.7 Å². The van der Waals surface area contributed by atoms with Gasteiger partial charge < -0.3 is 5.32 Å². The van der Waals surface area contributed by atoms with E-state index in [1.165, 1.54) is 48.8 Å². The van der Waals surface area contributed by atoms with Crippen LogP contribution in [0.1, 0.15) is 62.6 Å². The number of carbonyl (C=O) groups is 1. The first-order valence-electron chi connectivity index (χ1n) is 9.83. The molecule has 2 atom stereocenters. The largest absolute Gasteiger partial charge is 0.307 e. The second-order valence-electron chi connectivity index (χ2n) is 8.70. The average Bonchev–Trinajstić information content (AvgIpc) is 2.50. The topological polar surface area (TPSA) is 35.6 Å². The van der Waals surface area contributed by atoms with Crippen molar-refractivity contribution in [2.75, 3.05) is 0 Å². The number of hydrazine groups is 1. The second-order valence-corrected chi connectivity index (χ2v) is 8.70. The molecule has 3 fully saturated rings. The summed E-state index contributed by atoms with van der Waals surface area (Å²) in [5.74, 6) is 0.291. The van der Waals surface area contributed by atoms with Crippen LogP contribution in [0.3, 0.4) is 0 Å². The molecule has 1 aliphatic carbocycles. The van der Waals surface area contributed by atoms with Crippen molar-refractivity contribution in [3.05, 3.63) is 34.9 Å². The molecule has 3 aliphatic rings. The molecule has 2 bridgehead atoms. The van der Waals surface area contributed by atoms with Gasteiger partial charge in [-0.25, -0.2) is 0 Å². The molecular formula is C21H31N3O. The van der Waals surface area contributed by atoms with Crippen molar-refractivity contribution in [3.8, 4) is 0 Å². The van der Waals surface area contributed by atoms with Gasteiger partial charge in [0, 0.05) is 18.6 Å². The van der Waals surface area contributed by atoms with E-state index in [9.17, 15) is 4.79 Å². The lowest BCUT2D eigenvalue weighted by molar-refractivity contribution is -0.243. The molecular weight excluding hydrogens is 310 g/mol. The van der Waals surface area contributed by atoms with E-state index in [4.69, 9.17) is 0 Å². The minimum atomic E-state index is -0.397. The lowest BCUT2D eigenvalue weighted by atomic mass is 9.78. The van der Waals surface area contributed by atoms with Crippen LogP contribution in [0.25, 0.3) is 0 Å². The fourth-order valence-corrected chi connectivity index (χ4v) is 4.87. The maximum atomic E-state index is 12.9. The van der Waals surface area contributed by atoms with E-state index in [1.807, 2.05) is 0 Å². The van der Waals surface area contributed by atoms with Gasteiger partial charge in [0.05, 0.1) is 6.04 Å². The molecule has 0 aromatic heterocycles. The van der Waals surface area contributed by atoms with Gasteiger partial charge in [0.15, 0.2) is 0 Å². The van der Waals surface area contributed by atoms with E-state index < -0.39 is 5.54 Å². The minimum absolute atomic E-state index is 0.291. The summed E-state index contributed by atoms with van der Waals surface area (Å²) in [7, 11) is 0. The first kappa shape index (κ1) is 17.0. The molecule has 136 valence electrons. The van der Waals surface area contributed by atoms with E-state index in [0.717, 1.165) is 6.54 Å². The summed E-state index contributed by atoms with van der Waals surface area (Å²) in [6, 6.07) is 7.95. The SMILES string of the molecule is Cc1ccc(CN2N(C3C4CCCCCC3N4)C(=O)C2(C)C)c(C)c1. The number of amides is 1. The summed E-state index contributed by atoms with van der Waals surface area (Å²) in [4.78, 5) is 12.9. The van der Waals surface area contributed by atoms with Crippen LogP contribution in [-0.4, -0.2) is 39.6 Å². The van der Waals surface area contributed by atoms with Gasteiger partial charge in [-0.1, -0.05) is 43.0 Å². The molecule has 2 unspecified atom stereocenters. The Morgan fingerprint density at radius 2 is 1.80 bits per heavy atom. The van der Waals surface area contributed by atoms with Crippen LogP contribution >= 0.6 is 0 Å². The van der Waals surface area contributed by atoms with Crippen LogP contribution in [0.2, 0.25) is 0 Å². The van der Waals surface area contributed by atoms with Gasteiger partial charge in [-0.15, -0.1) is 0 Å². The highest BCUT2D eigenvalue weighted by molar-refractivity contribution is 5.90. The summed E-state index contributed by atoms with van der Waals surface area (Å²) < 4.78 is 0. The van der Waals surface area contributed by atoms with E-state index >= 15 is 0 Å². The Labute approximate surface area is 151 Å². The van der Waals surface area contributed by atoms with E-state index in [1.54, 1.807) is 0 Å². The average molecular weight is 341 g/mol. The zero-order chi connectivity index (χ0) is 17.8. The van der Waals surface area contributed by atoms with E-state index in [-0.39, 0.29) is 0 Å². The maximum Gasteiger partial charge on any atom is 0.259 e. The smallest absolute Gasteiger partial charge is 0.259 e. The predicted molar refractivity (Wildman–Crippen MR) is 100.0 cm³/mol. The third-order valence-corrected chi connectivity index (χ3v) is 6.52. The first-order valence-corrected chi connectivity index (χ1v) is 9.83. The standard InChI is InChI=1S/C21H31N3O/c1-14-10-11-16(15(2)12-14)13-23-21(3,4)20(25)24(23)19-17-8-6-5-7-9-18(19)22-17/h10-12,17-19,22H,5-9,13H2,1-4H3. The Balaban J connectivity index is 1.57. The normalized spacial score (nSPS) is 31.8. The fraction of sp³-hybridized carbons (Fsp3) is 0.667. The highest BCUT2D eigenvalue weighted by atomic mass is 16.2. The Morgan fingerprint density at radius 1 is 1.12 bits per heavy atom. The second kappa shape index (κ2) is 6.10. The molecule has 1 aromatic rings. The number of benzene rings is 1. The molecule has 2 heterocycles. The van der Waals surface area contributed by atoms with Gasteiger partial charge in [-0.2, -0.15) is 5.01 Å². The Hall–Kier alpha value is -1.39. The van der Waals surface area contributed by atoms with Crippen molar-refractivity contribution in [3.63, 3.8) is 0 Å². The zero-order valence-electron chi connectivity index (χ0n) is 16.0. The number of hydrogen-bond acceptors (Lipinski definition) is 3. The first-order chi connectivity index (χ1) is 11.9. The van der Waals surface area contributed by atoms with Gasteiger partial charge in [0.25, 0.3) is 5.91 Å².